The van der Waals surface area contributed by atoms with Gasteiger partial charge in [0.25, 0.3) is 0 Å². The molecule has 5 nitrogen and oxygen atoms in total. The van der Waals surface area contributed by atoms with E-state index in [9.17, 15) is 13.2 Å². The summed E-state index contributed by atoms with van der Waals surface area (Å²) in [7, 11) is -2.53. The van der Waals surface area contributed by atoms with Crippen LogP contribution in [0.4, 0.5) is 11.4 Å². The number of para-hydroxylation sites is 2. The molecule has 24 heavy (non-hydrogen) atoms. The van der Waals surface area contributed by atoms with Crippen LogP contribution in [0.3, 0.4) is 0 Å². The van der Waals surface area contributed by atoms with Crippen LogP contribution in [0.25, 0.3) is 0 Å². The maximum Gasteiger partial charge on any atom is 0.225 e. The van der Waals surface area contributed by atoms with Crippen LogP contribution in [0.5, 0.6) is 0 Å². The lowest BCUT2D eigenvalue weighted by atomic mass is 10.1. The van der Waals surface area contributed by atoms with Crippen molar-refractivity contribution in [3.8, 4) is 12.3 Å². The van der Waals surface area contributed by atoms with Gasteiger partial charge in [-0.05, 0) is 24.3 Å². The summed E-state index contributed by atoms with van der Waals surface area (Å²) in [6.07, 6.45) is 5.55. The summed E-state index contributed by atoms with van der Waals surface area (Å²) >= 11 is 0. The molecule has 0 bridgehead atoms. The van der Waals surface area contributed by atoms with Crippen molar-refractivity contribution < 1.29 is 13.2 Å². The van der Waals surface area contributed by atoms with E-state index in [2.05, 4.69) is 16.0 Å². The summed E-state index contributed by atoms with van der Waals surface area (Å²) in [6.45, 7) is 1.85. The van der Waals surface area contributed by atoms with Gasteiger partial charge in [0.1, 0.15) is 0 Å². The summed E-state index contributed by atoms with van der Waals surface area (Å²) in [4.78, 5) is 11.4. The molecule has 0 spiro atoms. The highest BCUT2D eigenvalue weighted by Gasteiger charge is 2.05. The van der Waals surface area contributed by atoms with Crippen LogP contribution in [0.15, 0.2) is 60.7 Å². The third-order valence-corrected chi connectivity index (χ3v) is 3.27. The highest BCUT2D eigenvalue weighted by atomic mass is 32.2. The van der Waals surface area contributed by atoms with Gasteiger partial charge in [-0.1, -0.05) is 43.3 Å². The molecule has 1 unspecified atom stereocenters. The van der Waals surface area contributed by atoms with Gasteiger partial charge >= 0.3 is 0 Å². The van der Waals surface area contributed by atoms with Crippen LogP contribution in [0.2, 0.25) is 0 Å². The van der Waals surface area contributed by atoms with Crippen molar-refractivity contribution in [3.63, 3.8) is 0 Å². The Hall–Kier alpha value is -2.78. The molecule has 2 N–H and O–H groups in total. The number of amides is 1. The lowest BCUT2D eigenvalue weighted by Crippen LogP contribution is -2.14. The number of terminal acetylenes is 1. The lowest BCUT2D eigenvalue weighted by Gasteiger charge is -2.05. The second-order valence-corrected chi connectivity index (χ2v) is 5.66. The molecule has 0 aliphatic rings. The van der Waals surface area contributed by atoms with E-state index >= 15 is 0 Å². The average molecular weight is 344 g/mol. The predicted octanol–water partition coefficient (Wildman–Crippen LogP) is 2.91. The van der Waals surface area contributed by atoms with Gasteiger partial charge in [0.05, 0.1) is 0 Å². The van der Waals surface area contributed by atoms with Gasteiger partial charge < -0.3 is 5.32 Å². The van der Waals surface area contributed by atoms with Gasteiger partial charge in [-0.2, -0.15) is 0 Å². The molecule has 0 radical (unpaired) electrons. The van der Waals surface area contributed by atoms with Crippen LogP contribution in [-0.2, 0) is 15.7 Å². The molecule has 0 aliphatic carbocycles. The molecule has 2 aromatic carbocycles. The van der Waals surface area contributed by atoms with Crippen LogP contribution in [-0.4, -0.2) is 14.3 Å². The van der Waals surface area contributed by atoms with Gasteiger partial charge in [0, 0.05) is 23.7 Å². The topological polar surface area (TPSA) is 75.3 Å². The summed E-state index contributed by atoms with van der Waals surface area (Å²) in [5, 5.41) is 2.77. The predicted molar refractivity (Wildman–Crippen MR) is 98.1 cm³/mol. The molecule has 0 saturated carbocycles. The molecular formula is C18H20N2O3S. The zero-order valence-corrected chi connectivity index (χ0v) is 14.2. The number of anilines is 2. The van der Waals surface area contributed by atoms with E-state index in [-0.39, 0.29) is 11.8 Å². The zero-order valence-electron chi connectivity index (χ0n) is 13.3. The van der Waals surface area contributed by atoms with Crippen LogP contribution >= 0.6 is 0 Å². The van der Waals surface area contributed by atoms with Gasteiger partial charge in [-0.3, -0.25) is 9.52 Å². The fraction of sp³-hybridized carbons (Fsp3) is 0.167. The van der Waals surface area contributed by atoms with Crippen molar-refractivity contribution in [2.45, 2.75) is 13.3 Å². The Morgan fingerprint density at radius 2 is 1.54 bits per heavy atom. The fourth-order valence-electron chi connectivity index (χ4n) is 1.69. The second kappa shape index (κ2) is 10.9. The number of hydrogen-bond acceptors (Lipinski definition) is 3. The van der Waals surface area contributed by atoms with E-state index in [1.807, 2.05) is 43.3 Å². The molecule has 1 amide bonds. The molecule has 0 aromatic heterocycles. The SMILES string of the molecule is C#CC(C)CC(=O)Nc1ccccc1.O=[SH](=O)Nc1ccccc1. The lowest BCUT2D eigenvalue weighted by molar-refractivity contribution is -0.116. The highest BCUT2D eigenvalue weighted by Crippen LogP contribution is 2.07. The first-order valence-electron chi connectivity index (χ1n) is 7.28. The third kappa shape index (κ3) is 8.61. The molecule has 2 rings (SSSR count). The Morgan fingerprint density at radius 3 is 2.00 bits per heavy atom. The van der Waals surface area contributed by atoms with Crippen LogP contribution < -0.4 is 10.0 Å². The van der Waals surface area contributed by atoms with Gasteiger partial charge in [-0.25, -0.2) is 8.42 Å². The minimum atomic E-state index is -2.53. The average Bonchev–Trinajstić information content (AvgIpc) is 2.56. The summed E-state index contributed by atoms with van der Waals surface area (Å²) < 4.78 is 22.4. The van der Waals surface area contributed by atoms with E-state index in [1.165, 1.54) is 0 Å². The first kappa shape index (κ1) is 19.3. The van der Waals surface area contributed by atoms with Gasteiger partial charge in [-0.15, -0.1) is 12.3 Å². The Morgan fingerprint density at radius 1 is 1.04 bits per heavy atom. The molecule has 1 atom stereocenters. The first-order chi connectivity index (χ1) is 11.5. The molecule has 0 fully saturated rings. The molecule has 0 heterocycles. The summed E-state index contributed by atoms with van der Waals surface area (Å²) in [5.74, 6) is 2.47. The maximum absolute atomic E-state index is 11.4. The third-order valence-electron chi connectivity index (χ3n) is 2.83. The molecule has 126 valence electrons. The van der Waals surface area contributed by atoms with E-state index in [4.69, 9.17) is 6.42 Å². The van der Waals surface area contributed by atoms with Crippen molar-refractivity contribution >= 4 is 28.2 Å². The first-order valence-corrected chi connectivity index (χ1v) is 8.46. The van der Waals surface area contributed by atoms with Crippen LogP contribution in [0, 0.1) is 18.3 Å². The smallest absolute Gasteiger partial charge is 0.225 e. The van der Waals surface area contributed by atoms with Gasteiger partial charge in [0.15, 0.2) is 0 Å². The second-order valence-electron chi connectivity index (χ2n) is 4.92. The molecule has 2 aromatic rings. The Labute approximate surface area is 144 Å². The van der Waals surface area contributed by atoms with E-state index in [0.717, 1.165) is 5.69 Å². The zero-order chi connectivity index (χ0) is 17.8. The van der Waals surface area contributed by atoms with Crippen molar-refractivity contribution in [1.82, 2.24) is 0 Å². The van der Waals surface area contributed by atoms with Gasteiger partial charge in [0.2, 0.25) is 16.8 Å². The quantitative estimate of drug-likeness (QED) is 0.577. The molecule has 6 heteroatoms. The number of nitrogens with one attached hydrogen (secondary N) is 2. The standard InChI is InChI=1S/C12H13NO.C6H7NO2S/c1-3-10(2)9-12(14)13-11-7-5-4-6-8-11;8-10(9)7-6-4-2-1-3-5-6/h1,4-8,10H,9H2,2H3,(H,13,14);1-5,10H,(H,7,8,9). The Bertz CT molecular complexity index is 730. The summed E-state index contributed by atoms with van der Waals surface area (Å²) in [6, 6.07) is 18.1. The Balaban J connectivity index is 0.000000254. The van der Waals surface area contributed by atoms with Crippen molar-refractivity contribution in [3.05, 3.63) is 60.7 Å². The van der Waals surface area contributed by atoms with E-state index < -0.39 is 10.9 Å². The highest BCUT2D eigenvalue weighted by molar-refractivity contribution is 7.73. The minimum absolute atomic E-state index is 0.0151. The maximum atomic E-state index is 11.4. The fourth-order valence-corrected chi connectivity index (χ4v) is 2.05. The van der Waals surface area contributed by atoms with Crippen LogP contribution in [0.1, 0.15) is 13.3 Å². The number of hydrogen-bond donors (Lipinski definition) is 3. The largest absolute Gasteiger partial charge is 0.326 e. The minimum Gasteiger partial charge on any atom is -0.326 e. The number of carbonyl (C=O) groups excluding carboxylic acids is 1. The summed E-state index contributed by atoms with van der Waals surface area (Å²) in [5.41, 5.74) is 1.40. The molecule has 0 aliphatic heterocycles. The molecular weight excluding hydrogens is 324 g/mol. The van der Waals surface area contributed by atoms with E-state index in [0.29, 0.717) is 12.1 Å². The number of benzene rings is 2. The van der Waals surface area contributed by atoms with Crippen molar-refractivity contribution in [2.24, 2.45) is 5.92 Å². The monoisotopic (exact) mass is 344 g/mol. The number of carbonyl (C=O) groups is 1. The van der Waals surface area contributed by atoms with E-state index in [1.54, 1.807) is 24.3 Å². The van der Waals surface area contributed by atoms with Crippen molar-refractivity contribution in [1.29, 1.82) is 0 Å². The Kier molecular flexibility index (Phi) is 8.72. The molecule has 0 saturated heterocycles. The number of thiol groups is 1. The van der Waals surface area contributed by atoms with Crippen molar-refractivity contribution in [2.75, 3.05) is 10.0 Å². The normalized spacial score (nSPS) is 10.7. The number of rotatable bonds is 5.